The summed E-state index contributed by atoms with van der Waals surface area (Å²) < 4.78 is 0. The molecular formula is C11H9ClO. The van der Waals surface area contributed by atoms with E-state index in [4.69, 9.17) is 11.6 Å². The molecule has 0 bridgehead atoms. The minimum absolute atomic E-state index is 0.335. The van der Waals surface area contributed by atoms with E-state index in [1.807, 2.05) is 24.3 Å². The Kier molecular flexibility index (Phi) is 2.19. The van der Waals surface area contributed by atoms with Gasteiger partial charge < -0.3 is 0 Å². The molecule has 0 aromatic carbocycles. The van der Waals surface area contributed by atoms with Gasteiger partial charge in [-0.25, -0.2) is 0 Å². The smallest absolute Gasteiger partial charge is 0.248 e. The lowest BCUT2D eigenvalue weighted by molar-refractivity contribution is -0.108. The summed E-state index contributed by atoms with van der Waals surface area (Å²) in [5, 5.41) is -0.335. The zero-order valence-electron chi connectivity index (χ0n) is 7.03. The van der Waals surface area contributed by atoms with Crippen molar-refractivity contribution in [3.05, 3.63) is 47.6 Å². The number of hydrogen-bond donors (Lipinski definition) is 0. The van der Waals surface area contributed by atoms with Crippen molar-refractivity contribution >= 4 is 16.8 Å². The molecule has 2 aliphatic rings. The van der Waals surface area contributed by atoms with Crippen LogP contribution in [-0.2, 0) is 4.79 Å². The SMILES string of the molecule is O=C(Cl)C1=CC=C2C=CC=CC2C1. The first-order chi connectivity index (χ1) is 6.27. The molecule has 0 N–H and O–H groups in total. The molecule has 0 spiro atoms. The third-order valence-electron chi connectivity index (χ3n) is 2.34. The van der Waals surface area contributed by atoms with E-state index in [-0.39, 0.29) is 5.24 Å². The van der Waals surface area contributed by atoms with Crippen LogP contribution in [0.3, 0.4) is 0 Å². The van der Waals surface area contributed by atoms with Crippen molar-refractivity contribution in [2.24, 2.45) is 5.92 Å². The summed E-state index contributed by atoms with van der Waals surface area (Å²) >= 11 is 5.41. The van der Waals surface area contributed by atoms with Crippen LogP contribution in [-0.4, -0.2) is 5.24 Å². The zero-order valence-corrected chi connectivity index (χ0v) is 7.79. The van der Waals surface area contributed by atoms with Gasteiger partial charge in [-0.15, -0.1) is 0 Å². The number of halogens is 1. The summed E-state index contributed by atoms with van der Waals surface area (Å²) in [5.74, 6) is 0.340. The van der Waals surface area contributed by atoms with Crippen LogP contribution in [0, 0.1) is 5.92 Å². The van der Waals surface area contributed by atoms with E-state index in [2.05, 4.69) is 12.2 Å². The van der Waals surface area contributed by atoms with E-state index in [0.717, 1.165) is 6.42 Å². The number of rotatable bonds is 1. The Morgan fingerprint density at radius 3 is 3.00 bits per heavy atom. The lowest BCUT2D eigenvalue weighted by atomic mass is 9.85. The molecule has 1 unspecified atom stereocenters. The Morgan fingerprint density at radius 2 is 2.23 bits per heavy atom. The van der Waals surface area contributed by atoms with Crippen molar-refractivity contribution in [3.8, 4) is 0 Å². The molecule has 0 heterocycles. The van der Waals surface area contributed by atoms with Gasteiger partial charge in [-0.2, -0.15) is 0 Å². The summed E-state index contributed by atoms with van der Waals surface area (Å²) in [4.78, 5) is 10.9. The van der Waals surface area contributed by atoms with Gasteiger partial charge in [-0.3, -0.25) is 4.79 Å². The average Bonchev–Trinajstić information content (AvgIpc) is 2.17. The van der Waals surface area contributed by atoms with Crippen molar-refractivity contribution in [1.29, 1.82) is 0 Å². The van der Waals surface area contributed by atoms with Gasteiger partial charge in [0, 0.05) is 11.5 Å². The first kappa shape index (κ1) is 8.52. The van der Waals surface area contributed by atoms with E-state index in [9.17, 15) is 4.79 Å². The van der Waals surface area contributed by atoms with Crippen molar-refractivity contribution < 1.29 is 4.79 Å². The normalized spacial score (nSPS) is 24.8. The van der Waals surface area contributed by atoms with E-state index in [1.165, 1.54) is 5.57 Å². The predicted octanol–water partition coefficient (Wildman–Crippen LogP) is 2.75. The second kappa shape index (κ2) is 3.35. The fraction of sp³-hybridized carbons (Fsp3) is 0.182. The summed E-state index contributed by atoms with van der Waals surface area (Å²) in [6.45, 7) is 0. The molecule has 0 fully saturated rings. The molecule has 13 heavy (non-hydrogen) atoms. The molecule has 0 amide bonds. The van der Waals surface area contributed by atoms with Gasteiger partial charge >= 0.3 is 0 Å². The van der Waals surface area contributed by atoms with Crippen molar-refractivity contribution in [3.63, 3.8) is 0 Å². The highest BCUT2D eigenvalue weighted by atomic mass is 35.5. The second-order valence-corrected chi connectivity index (χ2v) is 3.53. The number of hydrogen-bond acceptors (Lipinski definition) is 1. The van der Waals surface area contributed by atoms with Gasteiger partial charge in [0.05, 0.1) is 0 Å². The second-order valence-electron chi connectivity index (χ2n) is 3.19. The van der Waals surface area contributed by atoms with Gasteiger partial charge in [0.2, 0.25) is 5.24 Å². The molecule has 66 valence electrons. The molecule has 0 aromatic rings. The summed E-state index contributed by atoms with van der Waals surface area (Å²) in [6.07, 6.45) is 12.7. The molecule has 0 radical (unpaired) electrons. The van der Waals surface area contributed by atoms with E-state index in [0.29, 0.717) is 11.5 Å². The number of carbonyl (C=O) groups is 1. The molecule has 2 heteroatoms. The Hall–Kier alpha value is -1.08. The molecule has 2 rings (SSSR count). The highest BCUT2D eigenvalue weighted by Crippen LogP contribution is 2.30. The van der Waals surface area contributed by atoms with E-state index >= 15 is 0 Å². The van der Waals surface area contributed by atoms with E-state index in [1.54, 1.807) is 0 Å². The van der Waals surface area contributed by atoms with Crippen LogP contribution in [0.4, 0.5) is 0 Å². The van der Waals surface area contributed by atoms with Crippen LogP contribution in [0.1, 0.15) is 6.42 Å². The first-order valence-corrected chi connectivity index (χ1v) is 4.60. The number of carbonyl (C=O) groups excluding carboxylic acids is 1. The maximum atomic E-state index is 10.9. The molecule has 0 saturated carbocycles. The summed E-state index contributed by atoms with van der Waals surface area (Å²) in [6, 6.07) is 0. The quantitative estimate of drug-likeness (QED) is 0.584. The lowest BCUT2D eigenvalue weighted by Crippen LogP contribution is -2.09. The van der Waals surface area contributed by atoms with Crippen molar-refractivity contribution in [1.82, 2.24) is 0 Å². The Morgan fingerprint density at radius 1 is 1.38 bits per heavy atom. The minimum Gasteiger partial charge on any atom is -0.276 e. The monoisotopic (exact) mass is 192 g/mol. The molecule has 2 aliphatic carbocycles. The predicted molar refractivity (Wildman–Crippen MR) is 53.4 cm³/mol. The van der Waals surface area contributed by atoms with Gasteiger partial charge in [-0.05, 0) is 23.6 Å². The average molecular weight is 193 g/mol. The van der Waals surface area contributed by atoms with Crippen molar-refractivity contribution in [2.45, 2.75) is 6.42 Å². The molecule has 1 nitrogen and oxygen atoms in total. The minimum atomic E-state index is -0.335. The molecule has 0 aliphatic heterocycles. The van der Waals surface area contributed by atoms with Crippen LogP contribution in [0.5, 0.6) is 0 Å². The number of allylic oxidation sites excluding steroid dienone is 8. The van der Waals surface area contributed by atoms with Crippen LogP contribution in [0.25, 0.3) is 0 Å². The zero-order chi connectivity index (χ0) is 9.26. The molecule has 0 saturated heterocycles. The third kappa shape index (κ3) is 1.65. The van der Waals surface area contributed by atoms with Crippen LogP contribution < -0.4 is 0 Å². The largest absolute Gasteiger partial charge is 0.276 e. The topological polar surface area (TPSA) is 17.1 Å². The molecular weight excluding hydrogens is 184 g/mol. The van der Waals surface area contributed by atoms with Crippen molar-refractivity contribution in [2.75, 3.05) is 0 Å². The van der Waals surface area contributed by atoms with Gasteiger partial charge in [-0.1, -0.05) is 36.5 Å². The Balaban J connectivity index is 2.29. The highest BCUT2D eigenvalue weighted by Gasteiger charge is 2.19. The number of fused-ring (bicyclic) bond motifs is 1. The summed E-state index contributed by atoms with van der Waals surface area (Å²) in [5.41, 5.74) is 1.96. The Bertz CT molecular complexity index is 358. The molecule has 0 aromatic heterocycles. The lowest BCUT2D eigenvalue weighted by Gasteiger charge is -2.20. The van der Waals surface area contributed by atoms with E-state index < -0.39 is 0 Å². The standard InChI is InChI=1S/C11H9ClO/c12-11(13)10-6-5-8-3-1-2-4-9(8)7-10/h1-6,9H,7H2. The fourth-order valence-corrected chi connectivity index (χ4v) is 1.75. The highest BCUT2D eigenvalue weighted by molar-refractivity contribution is 6.67. The van der Waals surface area contributed by atoms with Gasteiger partial charge in [0.25, 0.3) is 0 Å². The molecule has 1 atom stereocenters. The van der Waals surface area contributed by atoms with Crippen LogP contribution >= 0.6 is 11.6 Å². The maximum Gasteiger partial charge on any atom is 0.248 e. The third-order valence-corrected chi connectivity index (χ3v) is 2.58. The van der Waals surface area contributed by atoms with Crippen LogP contribution in [0.2, 0.25) is 0 Å². The van der Waals surface area contributed by atoms with Gasteiger partial charge in [0.15, 0.2) is 0 Å². The maximum absolute atomic E-state index is 10.9. The van der Waals surface area contributed by atoms with Crippen LogP contribution in [0.15, 0.2) is 47.6 Å². The fourth-order valence-electron chi connectivity index (χ4n) is 1.61. The first-order valence-electron chi connectivity index (χ1n) is 4.23. The summed E-state index contributed by atoms with van der Waals surface area (Å²) in [7, 11) is 0. The van der Waals surface area contributed by atoms with Gasteiger partial charge in [0.1, 0.15) is 0 Å². The Labute approximate surface area is 82.1 Å².